The smallest absolute Gasteiger partial charge is 0.267 e. The third kappa shape index (κ3) is 2.46. The lowest BCUT2D eigenvalue weighted by molar-refractivity contribution is 0.199. The largest absolute Gasteiger partial charge is 0.355 e. The van der Waals surface area contributed by atoms with Gasteiger partial charge in [-0.25, -0.2) is 4.98 Å². The summed E-state index contributed by atoms with van der Waals surface area (Å²) in [5.41, 5.74) is 0.382. The molecule has 1 aromatic rings. The van der Waals surface area contributed by atoms with Gasteiger partial charge < -0.3 is 9.88 Å². The lowest BCUT2D eigenvalue weighted by atomic mass is 9.74. The molecule has 1 saturated heterocycles. The van der Waals surface area contributed by atoms with Gasteiger partial charge in [0.2, 0.25) is 0 Å². The zero-order valence-corrected chi connectivity index (χ0v) is 12.6. The van der Waals surface area contributed by atoms with Crippen molar-refractivity contribution in [3.8, 4) is 0 Å². The fraction of sp³-hybridized carbons (Fsp3) is 0.692. The van der Waals surface area contributed by atoms with Crippen LogP contribution in [-0.4, -0.2) is 23.1 Å². The summed E-state index contributed by atoms with van der Waals surface area (Å²) in [6.07, 6.45) is 6.31. The summed E-state index contributed by atoms with van der Waals surface area (Å²) in [5.74, 6) is 0.777. The van der Waals surface area contributed by atoms with Crippen LogP contribution in [0.15, 0.2) is 15.6 Å². The number of hydrogen-bond donors (Lipinski definition) is 1. The zero-order valence-electron chi connectivity index (χ0n) is 11.0. The molecule has 4 nitrogen and oxygen atoms in total. The van der Waals surface area contributed by atoms with Gasteiger partial charge >= 0.3 is 0 Å². The topological polar surface area (TPSA) is 49.0 Å². The predicted molar refractivity (Wildman–Crippen MR) is 77.0 cm³/mol. The minimum absolute atomic E-state index is 0.109. The van der Waals surface area contributed by atoms with Crippen LogP contribution < -0.4 is 10.5 Å². The molecule has 2 heterocycles. The molecular formula is C13H20BrN3O. The van der Waals surface area contributed by atoms with Crippen LogP contribution in [0.5, 0.6) is 0 Å². The average Bonchev–Trinajstić information content (AvgIpc) is 2.42. The van der Waals surface area contributed by atoms with Gasteiger partial charge in [-0.05, 0) is 34.2 Å². The van der Waals surface area contributed by atoms with Crippen LogP contribution >= 0.6 is 15.9 Å². The van der Waals surface area contributed by atoms with E-state index in [0.717, 1.165) is 18.9 Å². The number of H-pyrrole nitrogens is 1. The van der Waals surface area contributed by atoms with Crippen molar-refractivity contribution in [3.05, 3.63) is 21.2 Å². The first kappa shape index (κ1) is 13.6. The highest BCUT2D eigenvalue weighted by atomic mass is 79.9. The number of aromatic nitrogens is 2. The van der Waals surface area contributed by atoms with Gasteiger partial charge in [0.1, 0.15) is 10.3 Å². The minimum atomic E-state index is -0.109. The molecule has 0 aliphatic carbocycles. The second-order valence-electron chi connectivity index (χ2n) is 5.06. The average molecular weight is 314 g/mol. The molecule has 1 fully saturated rings. The maximum atomic E-state index is 11.6. The third-order valence-electron chi connectivity index (χ3n) is 4.40. The molecule has 1 N–H and O–H groups in total. The number of hydrogen-bond acceptors (Lipinski definition) is 3. The van der Waals surface area contributed by atoms with Crippen LogP contribution in [0.1, 0.15) is 39.5 Å². The van der Waals surface area contributed by atoms with Crippen molar-refractivity contribution in [1.82, 2.24) is 9.97 Å². The Bertz CT molecular complexity index is 458. The fourth-order valence-corrected chi connectivity index (χ4v) is 3.21. The Kier molecular flexibility index (Phi) is 4.10. The number of rotatable bonds is 3. The summed E-state index contributed by atoms with van der Waals surface area (Å²) >= 11 is 3.33. The standard InChI is InChI=1S/C13H20BrN3O/c1-3-13(4-2)5-7-17(8-6-13)11-10(14)12(18)16-9-15-11/h9H,3-8H2,1-2H3,(H,15,16,18). The van der Waals surface area contributed by atoms with E-state index in [-0.39, 0.29) is 5.56 Å². The number of nitrogens with one attached hydrogen (secondary N) is 1. The van der Waals surface area contributed by atoms with Crippen molar-refractivity contribution in [2.75, 3.05) is 18.0 Å². The van der Waals surface area contributed by atoms with E-state index in [9.17, 15) is 4.79 Å². The molecule has 18 heavy (non-hydrogen) atoms. The van der Waals surface area contributed by atoms with Crippen molar-refractivity contribution < 1.29 is 0 Å². The molecule has 2 rings (SSSR count). The summed E-state index contributed by atoms with van der Waals surface area (Å²) in [6.45, 7) is 6.52. The van der Waals surface area contributed by atoms with Gasteiger partial charge in [0.25, 0.3) is 5.56 Å². The quantitative estimate of drug-likeness (QED) is 0.933. The van der Waals surface area contributed by atoms with Gasteiger partial charge in [0.05, 0.1) is 6.33 Å². The first-order valence-electron chi connectivity index (χ1n) is 6.60. The van der Waals surface area contributed by atoms with E-state index in [1.165, 1.54) is 32.0 Å². The molecule has 1 aliphatic rings. The van der Waals surface area contributed by atoms with Crippen LogP contribution in [-0.2, 0) is 0 Å². The van der Waals surface area contributed by atoms with Crippen molar-refractivity contribution >= 4 is 21.7 Å². The molecule has 5 heteroatoms. The van der Waals surface area contributed by atoms with Crippen LogP contribution in [0.2, 0.25) is 0 Å². The lowest BCUT2D eigenvalue weighted by Crippen LogP contribution is -2.40. The third-order valence-corrected chi connectivity index (χ3v) is 5.12. The molecule has 0 bridgehead atoms. The highest BCUT2D eigenvalue weighted by Crippen LogP contribution is 2.39. The zero-order chi connectivity index (χ0) is 13.2. The summed E-state index contributed by atoms with van der Waals surface area (Å²) in [6, 6.07) is 0. The number of anilines is 1. The maximum absolute atomic E-state index is 11.6. The van der Waals surface area contributed by atoms with Gasteiger partial charge in [-0.2, -0.15) is 0 Å². The van der Waals surface area contributed by atoms with Crippen LogP contribution in [0.3, 0.4) is 0 Å². The predicted octanol–water partition coefficient (Wildman–Crippen LogP) is 2.94. The molecule has 0 saturated carbocycles. The minimum Gasteiger partial charge on any atom is -0.355 e. The van der Waals surface area contributed by atoms with Gasteiger partial charge in [-0.1, -0.05) is 26.7 Å². The van der Waals surface area contributed by atoms with Crippen LogP contribution in [0, 0.1) is 5.41 Å². The Morgan fingerprint density at radius 1 is 1.39 bits per heavy atom. The monoisotopic (exact) mass is 313 g/mol. The van der Waals surface area contributed by atoms with E-state index < -0.39 is 0 Å². The summed E-state index contributed by atoms with van der Waals surface area (Å²) in [5, 5.41) is 0. The summed E-state index contributed by atoms with van der Waals surface area (Å²) in [4.78, 5) is 20.6. The molecule has 0 aromatic carbocycles. The van der Waals surface area contributed by atoms with E-state index in [0.29, 0.717) is 9.89 Å². The van der Waals surface area contributed by atoms with Crippen molar-refractivity contribution in [1.29, 1.82) is 0 Å². The van der Waals surface area contributed by atoms with E-state index in [1.807, 2.05) is 0 Å². The molecule has 0 spiro atoms. The van der Waals surface area contributed by atoms with E-state index in [1.54, 1.807) is 0 Å². The number of piperidine rings is 1. The normalized spacial score (nSPS) is 18.9. The lowest BCUT2D eigenvalue weighted by Gasteiger charge is -2.41. The first-order chi connectivity index (χ1) is 8.62. The van der Waals surface area contributed by atoms with Crippen molar-refractivity contribution in [2.24, 2.45) is 5.41 Å². The second-order valence-corrected chi connectivity index (χ2v) is 5.86. The Hall–Kier alpha value is -0.840. The van der Waals surface area contributed by atoms with Gasteiger partial charge in [0.15, 0.2) is 0 Å². The number of halogens is 1. The molecule has 100 valence electrons. The molecule has 1 aromatic heterocycles. The SMILES string of the molecule is CCC1(CC)CCN(c2nc[nH]c(=O)c2Br)CC1. The van der Waals surface area contributed by atoms with Gasteiger partial charge in [-0.15, -0.1) is 0 Å². The molecule has 0 amide bonds. The summed E-state index contributed by atoms with van der Waals surface area (Å²) < 4.78 is 0.547. The van der Waals surface area contributed by atoms with Crippen LogP contribution in [0.4, 0.5) is 5.82 Å². The summed E-state index contributed by atoms with van der Waals surface area (Å²) in [7, 11) is 0. The van der Waals surface area contributed by atoms with E-state index >= 15 is 0 Å². The first-order valence-corrected chi connectivity index (χ1v) is 7.39. The number of nitrogens with zero attached hydrogens (tertiary/aromatic N) is 2. The van der Waals surface area contributed by atoms with E-state index in [2.05, 4.69) is 44.6 Å². The highest BCUT2D eigenvalue weighted by Gasteiger charge is 2.32. The highest BCUT2D eigenvalue weighted by molar-refractivity contribution is 9.10. The second kappa shape index (κ2) is 5.43. The van der Waals surface area contributed by atoms with E-state index in [4.69, 9.17) is 0 Å². The fourth-order valence-electron chi connectivity index (χ4n) is 2.74. The van der Waals surface area contributed by atoms with Gasteiger partial charge in [-0.3, -0.25) is 4.79 Å². The Balaban J connectivity index is 2.15. The van der Waals surface area contributed by atoms with Crippen LogP contribution in [0.25, 0.3) is 0 Å². The molecule has 0 radical (unpaired) electrons. The van der Waals surface area contributed by atoms with Gasteiger partial charge in [0, 0.05) is 13.1 Å². The molecular weight excluding hydrogens is 294 g/mol. The molecule has 1 aliphatic heterocycles. The Morgan fingerprint density at radius 3 is 2.56 bits per heavy atom. The molecule has 0 unspecified atom stereocenters. The Labute approximate surface area is 116 Å². The Morgan fingerprint density at radius 2 is 2.00 bits per heavy atom. The van der Waals surface area contributed by atoms with Crippen molar-refractivity contribution in [3.63, 3.8) is 0 Å². The van der Waals surface area contributed by atoms with Crippen molar-refractivity contribution in [2.45, 2.75) is 39.5 Å². The number of aromatic amines is 1. The molecule has 0 atom stereocenters. The maximum Gasteiger partial charge on any atom is 0.267 e.